The minimum Gasteiger partial charge on any atom is -0.382 e. The Morgan fingerprint density at radius 3 is 2.57 bits per heavy atom. The molecule has 21 heavy (non-hydrogen) atoms. The second-order valence-electron chi connectivity index (χ2n) is 5.75. The van der Waals surface area contributed by atoms with E-state index >= 15 is 0 Å². The summed E-state index contributed by atoms with van der Waals surface area (Å²) in [5.41, 5.74) is 0. The van der Waals surface area contributed by atoms with Gasteiger partial charge in [-0.2, -0.15) is 0 Å². The Labute approximate surface area is 130 Å². The Bertz CT molecular complexity index is 277. The number of guanidine groups is 1. The van der Waals surface area contributed by atoms with Crippen LogP contribution in [0.1, 0.15) is 45.4 Å². The van der Waals surface area contributed by atoms with Crippen LogP contribution in [0.4, 0.5) is 0 Å². The van der Waals surface area contributed by atoms with Crippen LogP contribution < -0.4 is 10.6 Å². The predicted molar refractivity (Wildman–Crippen MR) is 90.0 cm³/mol. The molecule has 1 fully saturated rings. The molecule has 0 amide bonds. The molecule has 0 spiro atoms. The molecule has 1 saturated carbocycles. The fraction of sp³-hybridized carbons (Fsp3) is 0.938. The Morgan fingerprint density at radius 2 is 1.90 bits per heavy atom. The maximum Gasteiger partial charge on any atom is 0.191 e. The Hall–Kier alpha value is -0.810. The first-order chi connectivity index (χ1) is 10.3. The van der Waals surface area contributed by atoms with Crippen molar-refractivity contribution in [1.82, 2.24) is 15.5 Å². The Kier molecular flexibility index (Phi) is 10.3. The van der Waals surface area contributed by atoms with Crippen LogP contribution in [0.5, 0.6) is 0 Å². The van der Waals surface area contributed by atoms with Gasteiger partial charge in [0.15, 0.2) is 5.96 Å². The number of hydrogen-bond acceptors (Lipinski definition) is 3. The zero-order valence-electron chi connectivity index (χ0n) is 14.2. The molecule has 1 aliphatic rings. The van der Waals surface area contributed by atoms with Gasteiger partial charge in [0.25, 0.3) is 0 Å². The van der Waals surface area contributed by atoms with Gasteiger partial charge in [0.05, 0.1) is 0 Å². The Balaban J connectivity index is 2.02. The minimum atomic E-state index is 0.792. The van der Waals surface area contributed by atoms with E-state index in [1.54, 1.807) is 0 Å². The van der Waals surface area contributed by atoms with Crippen LogP contribution in [0, 0.1) is 0 Å². The first-order valence-corrected chi connectivity index (χ1v) is 8.50. The van der Waals surface area contributed by atoms with Crippen LogP contribution >= 0.6 is 0 Å². The number of nitrogens with zero attached hydrogens (tertiary/aromatic N) is 2. The van der Waals surface area contributed by atoms with Crippen LogP contribution in [0.15, 0.2) is 4.99 Å². The second-order valence-corrected chi connectivity index (χ2v) is 5.75. The molecule has 0 bridgehead atoms. The van der Waals surface area contributed by atoms with E-state index in [4.69, 9.17) is 4.74 Å². The number of ether oxygens (including phenoxy) is 1. The van der Waals surface area contributed by atoms with Crippen LogP contribution in [0.3, 0.4) is 0 Å². The van der Waals surface area contributed by atoms with Gasteiger partial charge in [0.1, 0.15) is 0 Å². The number of nitrogens with one attached hydrogen (secondary N) is 2. The van der Waals surface area contributed by atoms with E-state index in [1.165, 1.54) is 25.7 Å². The first kappa shape index (κ1) is 18.2. The van der Waals surface area contributed by atoms with Crippen LogP contribution in [-0.2, 0) is 4.74 Å². The molecular formula is C16H34N4O. The third-order valence-electron chi connectivity index (χ3n) is 4.14. The molecule has 0 heterocycles. The van der Waals surface area contributed by atoms with E-state index in [1.807, 2.05) is 14.0 Å². The van der Waals surface area contributed by atoms with Crippen LogP contribution in [0.25, 0.3) is 0 Å². The molecule has 124 valence electrons. The summed E-state index contributed by atoms with van der Waals surface area (Å²) in [6.45, 7) is 6.68. The summed E-state index contributed by atoms with van der Waals surface area (Å²) in [5.74, 6) is 0.909. The molecule has 0 aromatic carbocycles. The molecule has 0 unspecified atom stereocenters. The fourth-order valence-corrected chi connectivity index (χ4v) is 2.78. The average Bonchev–Trinajstić information content (AvgIpc) is 3.03. The summed E-state index contributed by atoms with van der Waals surface area (Å²) in [5, 5.41) is 6.75. The van der Waals surface area contributed by atoms with E-state index in [0.717, 1.165) is 57.7 Å². The van der Waals surface area contributed by atoms with Gasteiger partial charge < -0.3 is 20.3 Å². The lowest BCUT2D eigenvalue weighted by atomic mass is 10.2. The topological polar surface area (TPSA) is 48.9 Å². The van der Waals surface area contributed by atoms with Crippen molar-refractivity contribution in [3.05, 3.63) is 0 Å². The van der Waals surface area contributed by atoms with Crippen molar-refractivity contribution in [3.63, 3.8) is 0 Å². The summed E-state index contributed by atoms with van der Waals surface area (Å²) in [6.07, 6.45) is 7.73. The van der Waals surface area contributed by atoms with E-state index < -0.39 is 0 Å². The van der Waals surface area contributed by atoms with Crippen LogP contribution in [-0.4, -0.2) is 63.8 Å². The van der Waals surface area contributed by atoms with E-state index in [9.17, 15) is 0 Å². The van der Waals surface area contributed by atoms with Crippen molar-refractivity contribution >= 4 is 5.96 Å². The van der Waals surface area contributed by atoms with Crippen molar-refractivity contribution in [2.75, 3.05) is 46.9 Å². The summed E-state index contributed by atoms with van der Waals surface area (Å²) in [4.78, 5) is 6.74. The van der Waals surface area contributed by atoms with E-state index in [2.05, 4.69) is 27.6 Å². The predicted octanol–water partition coefficient (Wildman–Crippen LogP) is 1.84. The molecule has 5 heteroatoms. The summed E-state index contributed by atoms with van der Waals surface area (Å²) < 4.78 is 5.33. The molecule has 0 saturated heterocycles. The number of likely N-dealkylation sites (N-methyl/N-ethyl adjacent to an activating group) is 1. The molecular weight excluding hydrogens is 264 g/mol. The molecule has 0 radical (unpaired) electrons. The summed E-state index contributed by atoms with van der Waals surface area (Å²) >= 11 is 0. The standard InChI is InChI=1S/C16H34N4O/c1-4-21-14-8-7-11-18-16(17-2)19-12-13-20(3)15-9-5-6-10-15/h15H,4-14H2,1-3H3,(H2,17,18,19). The van der Waals surface area contributed by atoms with Gasteiger partial charge >= 0.3 is 0 Å². The van der Waals surface area contributed by atoms with Gasteiger partial charge in [-0.05, 0) is 39.7 Å². The molecule has 0 atom stereocenters. The number of aliphatic imine (C=N–C) groups is 1. The highest BCUT2D eigenvalue weighted by Crippen LogP contribution is 2.21. The van der Waals surface area contributed by atoms with Crippen molar-refractivity contribution in [2.24, 2.45) is 4.99 Å². The highest BCUT2D eigenvalue weighted by molar-refractivity contribution is 5.79. The number of rotatable bonds is 10. The van der Waals surface area contributed by atoms with Gasteiger partial charge in [-0.25, -0.2) is 0 Å². The van der Waals surface area contributed by atoms with Gasteiger partial charge in [-0.1, -0.05) is 12.8 Å². The third-order valence-corrected chi connectivity index (χ3v) is 4.14. The van der Waals surface area contributed by atoms with Crippen molar-refractivity contribution in [3.8, 4) is 0 Å². The molecule has 5 nitrogen and oxygen atoms in total. The van der Waals surface area contributed by atoms with Gasteiger partial charge in [-0.3, -0.25) is 4.99 Å². The fourth-order valence-electron chi connectivity index (χ4n) is 2.78. The lowest BCUT2D eigenvalue weighted by Gasteiger charge is -2.24. The maximum absolute atomic E-state index is 5.33. The normalized spacial score (nSPS) is 16.7. The molecule has 1 aliphatic carbocycles. The smallest absolute Gasteiger partial charge is 0.191 e. The van der Waals surface area contributed by atoms with Crippen molar-refractivity contribution in [1.29, 1.82) is 0 Å². The maximum atomic E-state index is 5.33. The molecule has 1 rings (SSSR count). The Morgan fingerprint density at radius 1 is 1.19 bits per heavy atom. The lowest BCUT2D eigenvalue weighted by Crippen LogP contribution is -2.42. The highest BCUT2D eigenvalue weighted by Gasteiger charge is 2.18. The van der Waals surface area contributed by atoms with E-state index in [0.29, 0.717) is 0 Å². The first-order valence-electron chi connectivity index (χ1n) is 8.50. The lowest BCUT2D eigenvalue weighted by molar-refractivity contribution is 0.143. The quantitative estimate of drug-likeness (QED) is 0.367. The number of hydrogen-bond donors (Lipinski definition) is 2. The van der Waals surface area contributed by atoms with Crippen molar-refractivity contribution in [2.45, 2.75) is 51.5 Å². The largest absolute Gasteiger partial charge is 0.382 e. The average molecular weight is 298 g/mol. The second kappa shape index (κ2) is 11.8. The summed E-state index contributed by atoms with van der Waals surface area (Å²) in [6, 6.07) is 0.792. The monoisotopic (exact) mass is 298 g/mol. The van der Waals surface area contributed by atoms with Gasteiger partial charge in [0, 0.05) is 45.9 Å². The zero-order valence-corrected chi connectivity index (χ0v) is 14.2. The van der Waals surface area contributed by atoms with E-state index in [-0.39, 0.29) is 0 Å². The zero-order chi connectivity index (χ0) is 15.3. The number of unbranched alkanes of at least 4 members (excludes halogenated alkanes) is 1. The van der Waals surface area contributed by atoms with Crippen molar-refractivity contribution < 1.29 is 4.74 Å². The SMILES string of the molecule is CCOCCCCNC(=NC)NCCN(C)C1CCCC1. The highest BCUT2D eigenvalue weighted by atomic mass is 16.5. The minimum absolute atomic E-state index is 0.792. The molecule has 0 aromatic rings. The molecule has 0 aromatic heterocycles. The third kappa shape index (κ3) is 8.27. The van der Waals surface area contributed by atoms with Crippen LogP contribution in [0.2, 0.25) is 0 Å². The molecule has 2 N–H and O–H groups in total. The van der Waals surface area contributed by atoms with Gasteiger partial charge in [-0.15, -0.1) is 0 Å². The summed E-state index contributed by atoms with van der Waals surface area (Å²) in [7, 11) is 4.07. The van der Waals surface area contributed by atoms with Gasteiger partial charge in [0.2, 0.25) is 0 Å². The molecule has 0 aliphatic heterocycles.